The molecule has 1 aliphatic heterocycles. The number of hydrogen-bond acceptors (Lipinski definition) is 7. The molecule has 10 heteroatoms. The molecule has 228 valence electrons. The third-order valence-corrected chi connectivity index (χ3v) is 8.44. The van der Waals surface area contributed by atoms with Crippen LogP contribution in [-0.4, -0.2) is 67.5 Å². The van der Waals surface area contributed by atoms with E-state index in [0.717, 1.165) is 16.0 Å². The molecule has 2 amide bonds. The zero-order chi connectivity index (χ0) is 32.0. The van der Waals surface area contributed by atoms with Crippen LogP contribution in [0.5, 0.6) is 5.75 Å². The summed E-state index contributed by atoms with van der Waals surface area (Å²) in [5.41, 5.74) is 4.00. The molecule has 0 saturated heterocycles. The van der Waals surface area contributed by atoms with Gasteiger partial charge in [-0.15, -0.1) is 0 Å². The maximum Gasteiger partial charge on any atom is 0.310 e. The van der Waals surface area contributed by atoms with Crippen LogP contribution in [0.4, 0.5) is 5.69 Å². The normalized spacial score (nSPS) is 12.6. The zero-order valence-electron chi connectivity index (χ0n) is 25.2. The maximum atomic E-state index is 13.6. The third kappa shape index (κ3) is 5.19. The lowest BCUT2D eigenvalue weighted by molar-refractivity contribution is -0.143. The summed E-state index contributed by atoms with van der Waals surface area (Å²) in [6.07, 6.45) is -0.118. The average molecular weight is 624 g/mol. The van der Waals surface area contributed by atoms with Crippen LogP contribution >= 0.6 is 11.6 Å². The van der Waals surface area contributed by atoms with E-state index in [2.05, 4.69) is 0 Å². The number of methoxy groups -OCH3 is 1. The van der Waals surface area contributed by atoms with Gasteiger partial charge in [0, 0.05) is 69.4 Å². The highest BCUT2D eigenvalue weighted by atomic mass is 35.5. The Labute approximate surface area is 264 Å². The number of nitrogens with zero attached hydrogens (tertiary/aromatic N) is 3. The van der Waals surface area contributed by atoms with E-state index in [1.165, 1.54) is 0 Å². The summed E-state index contributed by atoms with van der Waals surface area (Å²) in [5, 5.41) is 2.67. The Balaban J connectivity index is 1.21. The number of ether oxygens (including phenoxy) is 2. The second kappa shape index (κ2) is 11.7. The maximum absolute atomic E-state index is 13.6. The minimum Gasteiger partial charge on any atom is -0.497 e. The molecule has 0 fully saturated rings. The van der Waals surface area contributed by atoms with E-state index < -0.39 is 17.8 Å². The highest BCUT2D eigenvalue weighted by molar-refractivity contribution is 6.30. The van der Waals surface area contributed by atoms with Gasteiger partial charge in [0.15, 0.2) is 0 Å². The molecule has 0 bridgehead atoms. The smallest absolute Gasteiger partial charge is 0.310 e. The summed E-state index contributed by atoms with van der Waals surface area (Å²) in [6.45, 7) is 1.50. The Morgan fingerprint density at radius 1 is 0.889 bits per heavy atom. The van der Waals surface area contributed by atoms with E-state index >= 15 is 0 Å². The van der Waals surface area contributed by atoms with Crippen molar-refractivity contribution in [2.75, 3.05) is 39.3 Å². The number of aromatic nitrogens is 1. The summed E-state index contributed by atoms with van der Waals surface area (Å²) >= 11 is 6.03. The van der Waals surface area contributed by atoms with Crippen LogP contribution in [0.3, 0.4) is 0 Å². The molecule has 45 heavy (non-hydrogen) atoms. The molecule has 1 aromatic heterocycles. The minimum absolute atomic E-state index is 0.0956. The van der Waals surface area contributed by atoms with Gasteiger partial charge >= 0.3 is 5.97 Å². The zero-order valence-corrected chi connectivity index (χ0v) is 26.0. The molecule has 0 saturated carbocycles. The molecule has 0 aliphatic carbocycles. The van der Waals surface area contributed by atoms with Crippen molar-refractivity contribution in [3.05, 3.63) is 106 Å². The number of benzene rings is 4. The van der Waals surface area contributed by atoms with Gasteiger partial charge in [0.25, 0.3) is 17.7 Å². The van der Waals surface area contributed by atoms with Crippen LogP contribution < -0.4 is 9.64 Å². The van der Waals surface area contributed by atoms with Crippen LogP contribution in [0, 0.1) is 6.92 Å². The number of amides is 2. The topological polar surface area (TPSA) is 98.2 Å². The largest absolute Gasteiger partial charge is 0.497 e. The Morgan fingerprint density at radius 3 is 2.29 bits per heavy atom. The number of hydrogen-bond donors (Lipinski definition) is 0. The summed E-state index contributed by atoms with van der Waals surface area (Å²) < 4.78 is 12.5. The van der Waals surface area contributed by atoms with E-state index in [-0.39, 0.29) is 25.5 Å². The van der Waals surface area contributed by atoms with Crippen molar-refractivity contribution in [2.45, 2.75) is 13.3 Å². The van der Waals surface area contributed by atoms with Gasteiger partial charge < -0.3 is 14.4 Å². The number of fused-ring (bicyclic) bond motifs is 1. The van der Waals surface area contributed by atoms with Gasteiger partial charge in [0.2, 0.25) is 0 Å². The van der Waals surface area contributed by atoms with Gasteiger partial charge in [-0.3, -0.25) is 28.6 Å². The lowest BCUT2D eigenvalue weighted by Gasteiger charge is -2.28. The van der Waals surface area contributed by atoms with Crippen molar-refractivity contribution in [1.82, 2.24) is 9.47 Å². The molecular weight excluding hydrogens is 594 g/mol. The summed E-state index contributed by atoms with van der Waals surface area (Å²) in [7, 11) is 5.36. The second-order valence-corrected chi connectivity index (χ2v) is 11.4. The number of carbonyl (C=O) groups excluding carboxylic acids is 4. The molecule has 0 N–H and O–H groups in total. The first kappa shape index (κ1) is 29.9. The molecule has 0 radical (unpaired) electrons. The average Bonchev–Trinajstić information content (AvgIpc) is 3.30. The first-order valence-corrected chi connectivity index (χ1v) is 14.7. The van der Waals surface area contributed by atoms with E-state index in [1.54, 1.807) is 79.3 Å². The van der Waals surface area contributed by atoms with Crippen molar-refractivity contribution in [3.63, 3.8) is 0 Å². The standard InChI is InChI=1S/C35H30ClN3O6/c1-20-28(24-13-12-23(44-4)18-30(24)39(20)33(41)21-8-10-22(36)11-9-21)19-31(40)45-17-16-38-34(42)26-7-5-6-25-29(37(2)3)15-14-27(32(25)26)35(38)43/h5-15,18H,16-17,19H2,1-4H3. The van der Waals surface area contributed by atoms with Gasteiger partial charge in [0.05, 0.1) is 25.6 Å². The van der Waals surface area contributed by atoms with Gasteiger partial charge in [0.1, 0.15) is 12.4 Å². The number of anilines is 1. The van der Waals surface area contributed by atoms with Crippen LogP contribution in [0.25, 0.3) is 21.7 Å². The van der Waals surface area contributed by atoms with Crippen molar-refractivity contribution < 1.29 is 28.7 Å². The number of rotatable bonds is 8. The molecule has 5 aromatic rings. The number of halogens is 1. The van der Waals surface area contributed by atoms with Crippen LogP contribution in [0.2, 0.25) is 5.02 Å². The van der Waals surface area contributed by atoms with E-state index in [9.17, 15) is 19.2 Å². The highest BCUT2D eigenvalue weighted by Crippen LogP contribution is 2.35. The molecule has 0 atom stereocenters. The number of esters is 1. The fourth-order valence-corrected chi connectivity index (χ4v) is 6.09. The second-order valence-electron chi connectivity index (χ2n) is 11.0. The Bertz CT molecular complexity index is 2010. The minimum atomic E-state index is -0.554. The van der Waals surface area contributed by atoms with E-state index in [0.29, 0.717) is 55.0 Å². The first-order valence-electron chi connectivity index (χ1n) is 14.3. The highest BCUT2D eigenvalue weighted by Gasteiger charge is 2.33. The fourth-order valence-electron chi connectivity index (χ4n) is 5.97. The van der Waals surface area contributed by atoms with Crippen molar-refractivity contribution >= 4 is 62.7 Å². The molecule has 0 spiro atoms. The van der Waals surface area contributed by atoms with Crippen molar-refractivity contribution in [1.29, 1.82) is 0 Å². The first-order chi connectivity index (χ1) is 21.6. The Hall–Kier alpha value is -5.15. The van der Waals surface area contributed by atoms with Gasteiger partial charge in [-0.1, -0.05) is 23.7 Å². The fraction of sp³-hybridized carbons (Fsp3) is 0.200. The van der Waals surface area contributed by atoms with E-state index in [1.807, 2.05) is 31.1 Å². The molecule has 2 heterocycles. The van der Waals surface area contributed by atoms with Crippen LogP contribution in [-0.2, 0) is 16.0 Å². The SMILES string of the molecule is COc1ccc2c(CC(=O)OCCN3C(=O)c4cccc5c(N(C)C)ccc(c45)C3=O)c(C)n(C(=O)c3ccc(Cl)cc3)c2c1. The number of imide groups is 1. The molecule has 6 rings (SSSR count). The Kier molecular flexibility index (Phi) is 7.80. The summed E-state index contributed by atoms with van der Waals surface area (Å²) in [4.78, 5) is 56.6. The molecule has 0 unspecified atom stereocenters. The van der Waals surface area contributed by atoms with Crippen molar-refractivity contribution in [2.24, 2.45) is 0 Å². The lowest BCUT2D eigenvalue weighted by atomic mass is 9.93. The molecule has 9 nitrogen and oxygen atoms in total. The van der Waals surface area contributed by atoms with Gasteiger partial charge in [-0.05, 0) is 67.1 Å². The third-order valence-electron chi connectivity index (χ3n) is 8.19. The van der Waals surface area contributed by atoms with Crippen molar-refractivity contribution in [3.8, 4) is 5.75 Å². The summed E-state index contributed by atoms with van der Waals surface area (Å²) in [5.74, 6) is -1.14. The molecule has 4 aromatic carbocycles. The van der Waals surface area contributed by atoms with Gasteiger partial charge in [-0.2, -0.15) is 0 Å². The Morgan fingerprint density at radius 2 is 1.60 bits per heavy atom. The van der Waals surface area contributed by atoms with Gasteiger partial charge in [-0.25, -0.2) is 0 Å². The van der Waals surface area contributed by atoms with E-state index in [4.69, 9.17) is 21.1 Å². The number of carbonyl (C=O) groups is 4. The van der Waals surface area contributed by atoms with Crippen LogP contribution in [0.15, 0.2) is 72.8 Å². The van der Waals surface area contributed by atoms with Crippen LogP contribution in [0.1, 0.15) is 42.3 Å². The predicted molar refractivity (Wildman–Crippen MR) is 173 cm³/mol. The monoisotopic (exact) mass is 623 g/mol. The molecular formula is C35H30ClN3O6. The quantitative estimate of drug-likeness (QED) is 0.157. The lowest BCUT2D eigenvalue weighted by Crippen LogP contribution is -2.42. The predicted octanol–water partition coefficient (Wildman–Crippen LogP) is 5.90. The molecule has 1 aliphatic rings. The summed E-state index contributed by atoms with van der Waals surface area (Å²) in [6, 6.07) is 20.9.